The molecule has 1 aromatic carbocycles. The second kappa shape index (κ2) is 14.0. The summed E-state index contributed by atoms with van der Waals surface area (Å²) in [5.74, 6) is -0.291. The van der Waals surface area contributed by atoms with Crippen molar-refractivity contribution in [3.8, 4) is 0 Å². The van der Waals surface area contributed by atoms with Crippen LogP contribution in [0.3, 0.4) is 0 Å². The van der Waals surface area contributed by atoms with E-state index in [4.69, 9.17) is 19.7 Å². The normalized spacial score (nSPS) is 9.55. The fourth-order valence-electron chi connectivity index (χ4n) is 1.14. The van der Waals surface area contributed by atoms with Crippen LogP contribution in [-0.2, 0) is 14.2 Å². The Bertz CT molecular complexity index is 320. The average Bonchev–Trinajstić information content (AvgIpc) is 2.51. The summed E-state index contributed by atoms with van der Waals surface area (Å²) >= 11 is 0. The monoisotopic (exact) mass is 286 g/mol. The van der Waals surface area contributed by atoms with E-state index in [1.54, 1.807) is 24.3 Å². The molecule has 6 nitrogen and oxygen atoms in total. The van der Waals surface area contributed by atoms with Crippen LogP contribution in [0.2, 0.25) is 0 Å². The van der Waals surface area contributed by atoms with E-state index in [2.05, 4.69) is 4.74 Å². The molecular formula is C14H22O6. The summed E-state index contributed by atoms with van der Waals surface area (Å²) in [6.07, 6.45) is 0. The van der Waals surface area contributed by atoms with Crippen LogP contribution in [0.25, 0.3) is 0 Å². The summed E-state index contributed by atoms with van der Waals surface area (Å²) in [5, 5.41) is 16.5. The maximum Gasteiger partial charge on any atom is 0.337 e. The van der Waals surface area contributed by atoms with Crippen LogP contribution in [0, 0.1) is 0 Å². The Morgan fingerprint density at radius 1 is 0.950 bits per heavy atom. The van der Waals surface area contributed by atoms with Crippen LogP contribution in [0.5, 0.6) is 0 Å². The van der Waals surface area contributed by atoms with Crippen molar-refractivity contribution in [3.63, 3.8) is 0 Å². The number of aliphatic hydroxyl groups is 2. The van der Waals surface area contributed by atoms with Crippen molar-refractivity contribution in [2.45, 2.75) is 0 Å². The van der Waals surface area contributed by atoms with Gasteiger partial charge in [-0.15, -0.1) is 0 Å². The molecule has 0 saturated carbocycles. The smallest absolute Gasteiger partial charge is 0.337 e. The molecule has 0 aromatic heterocycles. The highest BCUT2D eigenvalue weighted by Gasteiger charge is 2.00. The molecule has 1 aromatic rings. The van der Waals surface area contributed by atoms with Crippen molar-refractivity contribution in [2.75, 3.05) is 46.8 Å². The summed E-state index contributed by atoms with van der Waals surface area (Å²) in [7, 11) is 1.37. The number of benzene rings is 1. The van der Waals surface area contributed by atoms with Crippen LogP contribution in [0.4, 0.5) is 0 Å². The third kappa shape index (κ3) is 10.5. The summed E-state index contributed by atoms with van der Waals surface area (Å²) in [5.41, 5.74) is 0.588. The molecule has 0 bridgehead atoms. The summed E-state index contributed by atoms with van der Waals surface area (Å²) in [4.78, 5) is 10.8. The molecule has 2 N–H and O–H groups in total. The Kier molecular flexibility index (Phi) is 12.9. The van der Waals surface area contributed by atoms with E-state index in [0.717, 1.165) is 0 Å². The lowest BCUT2D eigenvalue weighted by atomic mass is 10.2. The van der Waals surface area contributed by atoms with Crippen LogP contribution in [0.15, 0.2) is 30.3 Å². The first kappa shape index (κ1) is 18.5. The maximum absolute atomic E-state index is 10.8. The molecule has 1 rings (SSSR count). The molecule has 0 radical (unpaired) electrons. The number of methoxy groups -OCH3 is 1. The summed E-state index contributed by atoms with van der Waals surface area (Å²) in [6, 6.07) is 8.88. The molecule has 0 saturated heterocycles. The topological polar surface area (TPSA) is 85.2 Å². The van der Waals surface area contributed by atoms with Gasteiger partial charge in [-0.05, 0) is 12.1 Å². The van der Waals surface area contributed by atoms with Crippen LogP contribution >= 0.6 is 0 Å². The zero-order valence-electron chi connectivity index (χ0n) is 11.7. The Balaban J connectivity index is 0.000000361. The predicted molar refractivity (Wildman–Crippen MR) is 73.6 cm³/mol. The molecule has 114 valence electrons. The van der Waals surface area contributed by atoms with Gasteiger partial charge in [-0.2, -0.15) is 0 Å². The SMILES string of the molecule is COC(=O)c1ccccc1.OCCOCCOCCO. The van der Waals surface area contributed by atoms with Crippen LogP contribution < -0.4 is 0 Å². The highest BCUT2D eigenvalue weighted by molar-refractivity contribution is 5.89. The lowest BCUT2D eigenvalue weighted by Crippen LogP contribution is -2.09. The van der Waals surface area contributed by atoms with Gasteiger partial charge in [-0.25, -0.2) is 4.79 Å². The first-order chi connectivity index (χ1) is 9.76. The molecule has 0 fully saturated rings. The Morgan fingerprint density at radius 3 is 1.85 bits per heavy atom. The van der Waals surface area contributed by atoms with E-state index in [1.807, 2.05) is 6.07 Å². The lowest BCUT2D eigenvalue weighted by molar-refractivity contribution is 0.0222. The van der Waals surface area contributed by atoms with E-state index in [9.17, 15) is 4.79 Å². The number of esters is 1. The number of rotatable bonds is 8. The van der Waals surface area contributed by atoms with E-state index in [0.29, 0.717) is 32.0 Å². The summed E-state index contributed by atoms with van der Waals surface area (Å²) in [6.45, 7) is 1.73. The molecule has 20 heavy (non-hydrogen) atoms. The minimum atomic E-state index is -0.291. The minimum absolute atomic E-state index is 0.0417. The van der Waals surface area contributed by atoms with E-state index < -0.39 is 0 Å². The highest BCUT2D eigenvalue weighted by Crippen LogP contribution is 1.98. The van der Waals surface area contributed by atoms with Crippen LogP contribution in [-0.4, -0.2) is 62.9 Å². The number of aliphatic hydroxyl groups excluding tert-OH is 2. The Morgan fingerprint density at radius 2 is 1.45 bits per heavy atom. The molecular weight excluding hydrogens is 264 g/mol. The minimum Gasteiger partial charge on any atom is -0.465 e. The third-order valence-electron chi connectivity index (χ3n) is 2.04. The quantitative estimate of drug-likeness (QED) is 0.534. The van der Waals surface area contributed by atoms with Crippen molar-refractivity contribution in [3.05, 3.63) is 35.9 Å². The number of hydrogen-bond donors (Lipinski definition) is 2. The fourth-order valence-corrected chi connectivity index (χ4v) is 1.14. The number of carbonyl (C=O) groups excluding carboxylic acids is 1. The second-order valence-electron chi connectivity index (χ2n) is 3.53. The first-order valence-corrected chi connectivity index (χ1v) is 6.26. The Hall–Kier alpha value is -1.47. The molecule has 0 atom stereocenters. The molecule has 0 aliphatic carbocycles. The highest BCUT2D eigenvalue weighted by atomic mass is 16.5. The van der Waals surface area contributed by atoms with Crippen molar-refractivity contribution in [2.24, 2.45) is 0 Å². The molecule has 0 unspecified atom stereocenters. The first-order valence-electron chi connectivity index (χ1n) is 6.26. The standard InChI is InChI=1S/C8H8O2.C6H14O4/c1-10-8(9)7-5-3-2-4-6-7;7-1-3-9-5-6-10-4-2-8/h2-6H,1H3;7-8H,1-6H2. The molecule has 0 aliphatic rings. The van der Waals surface area contributed by atoms with Gasteiger partial charge < -0.3 is 24.4 Å². The maximum atomic E-state index is 10.8. The predicted octanol–water partition coefficient (Wildman–Crippen LogP) is 0.477. The van der Waals surface area contributed by atoms with Gasteiger partial charge in [0.2, 0.25) is 0 Å². The molecule has 0 spiro atoms. The van der Waals surface area contributed by atoms with Crippen molar-refractivity contribution in [1.29, 1.82) is 0 Å². The lowest BCUT2D eigenvalue weighted by Gasteiger charge is -2.01. The largest absolute Gasteiger partial charge is 0.465 e. The van der Waals surface area contributed by atoms with Gasteiger partial charge in [0.1, 0.15) is 0 Å². The van der Waals surface area contributed by atoms with E-state index in [-0.39, 0.29) is 19.2 Å². The second-order valence-corrected chi connectivity index (χ2v) is 3.53. The van der Waals surface area contributed by atoms with Gasteiger partial charge >= 0.3 is 5.97 Å². The Labute approximate surface area is 118 Å². The average molecular weight is 286 g/mol. The molecule has 0 aliphatic heterocycles. The van der Waals surface area contributed by atoms with Crippen LogP contribution in [0.1, 0.15) is 10.4 Å². The van der Waals surface area contributed by atoms with Gasteiger partial charge in [0.25, 0.3) is 0 Å². The fraction of sp³-hybridized carbons (Fsp3) is 0.500. The summed E-state index contributed by atoms with van der Waals surface area (Å²) < 4.78 is 14.2. The van der Waals surface area contributed by atoms with E-state index in [1.165, 1.54) is 7.11 Å². The van der Waals surface area contributed by atoms with Gasteiger partial charge in [0, 0.05) is 0 Å². The van der Waals surface area contributed by atoms with Gasteiger partial charge in [0.15, 0.2) is 0 Å². The zero-order valence-corrected chi connectivity index (χ0v) is 11.7. The number of carbonyl (C=O) groups is 1. The molecule has 0 amide bonds. The van der Waals surface area contributed by atoms with Gasteiger partial charge in [-0.1, -0.05) is 18.2 Å². The van der Waals surface area contributed by atoms with Gasteiger partial charge in [-0.3, -0.25) is 0 Å². The number of hydrogen-bond acceptors (Lipinski definition) is 6. The van der Waals surface area contributed by atoms with Crippen molar-refractivity contribution < 1.29 is 29.2 Å². The van der Waals surface area contributed by atoms with Crippen molar-refractivity contribution >= 4 is 5.97 Å². The van der Waals surface area contributed by atoms with Gasteiger partial charge in [0.05, 0.1) is 52.3 Å². The van der Waals surface area contributed by atoms with Crippen molar-refractivity contribution in [1.82, 2.24) is 0 Å². The number of ether oxygens (including phenoxy) is 3. The molecule has 0 heterocycles. The van der Waals surface area contributed by atoms with E-state index >= 15 is 0 Å². The molecule has 6 heteroatoms. The third-order valence-corrected chi connectivity index (χ3v) is 2.04. The zero-order chi connectivity index (χ0) is 15.1.